The van der Waals surface area contributed by atoms with Crippen molar-refractivity contribution in [2.75, 3.05) is 19.0 Å². The average Bonchev–Trinajstić information content (AvgIpc) is 3.30. The molecule has 0 fully saturated rings. The van der Waals surface area contributed by atoms with E-state index in [-0.39, 0.29) is 47.6 Å². The zero-order valence-corrected chi connectivity index (χ0v) is 19.3. The molecule has 0 spiro atoms. The number of nitrogens with zero attached hydrogens (tertiary/aromatic N) is 2. The fourth-order valence-electron chi connectivity index (χ4n) is 5.69. The van der Waals surface area contributed by atoms with E-state index >= 15 is 0 Å². The van der Waals surface area contributed by atoms with Gasteiger partial charge < -0.3 is 29.7 Å². The second-order valence-electron chi connectivity index (χ2n) is 9.48. The Labute approximate surface area is 199 Å². The highest BCUT2D eigenvalue weighted by atomic mass is 16.4. The minimum Gasteiger partial charge on any atom is -0.511 e. The number of hydrogen-bond acceptors (Lipinski definition) is 10. The monoisotopic (exact) mass is 480 g/mol. The van der Waals surface area contributed by atoms with Crippen molar-refractivity contribution in [3.05, 3.63) is 52.3 Å². The van der Waals surface area contributed by atoms with Crippen LogP contribution in [0.5, 0.6) is 5.75 Å². The first kappa shape index (κ1) is 22.9. The van der Waals surface area contributed by atoms with Crippen LogP contribution in [-0.4, -0.2) is 62.5 Å². The van der Waals surface area contributed by atoms with Crippen molar-refractivity contribution in [2.24, 2.45) is 11.8 Å². The molecule has 182 valence electrons. The predicted octanol–water partition coefficient (Wildman–Crippen LogP) is 2.41. The smallest absolute Gasteiger partial charge is 0.229 e. The van der Waals surface area contributed by atoms with Crippen molar-refractivity contribution in [3.8, 4) is 17.2 Å². The molecule has 5 rings (SSSR count). The van der Waals surface area contributed by atoms with E-state index in [0.717, 1.165) is 6.92 Å². The van der Waals surface area contributed by atoms with Crippen molar-refractivity contribution in [2.45, 2.75) is 31.8 Å². The largest absolute Gasteiger partial charge is 0.511 e. The Morgan fingerprint density at radius 2 is 1.91 bits per heavy atom. The minimum absolute atomic E-state index is 0.0716. The average molecular weight is 480 g/mol. The summed E-state index contributed by atoms with van der Waals surface area (Å²) in [5.74, 6) is -5.67. The van der Waals surface area contributed by atoms with Crippen LogP contribution in [0.15, 0.2) is 45.6 Å². The van der Waals surface area contributed by atoms with Gasteiger partial charge in [-0.2, -0.15) is 0 Å². The number of benzene rings is 1. The van der Waals surface area contributed by atoms with E-state index in [9.17, 15) is 34.8 Å². The van der Waals surface area contributed by atoms with Crippen LogP contribution in [0, 0.1) is 11.8 Å². The number of aromatic nitrogens is 1. The van der Waals surface area contributed by atoms with E-state index in [1.807, 2.05) is 0 Å². The van der Waals surface area contributed by atoms with Gasteiger partial charge in [0.25, 0.3) is 0 Å². The number of rotatable bonds is 3. The van der Waals surface area contributed by atoms with Gasteiger partial charge in [0.05, 0.1) is 17.3 Å². The number of carbonyl (C=O) groups excluding carboxylic acids is 3. The second kappa shape index (κ2) is 7.54. The normalized spacial score (nSPS) is 25.8. The molecule has 4 N–H and O–H groups in total. The molecule has 35 heavy (non-hydrogen) atoms. The predicted molar refractivity (Wildman–Crippen MR) is 122 cm³/mol. The molecule has 10 nitrogen and oxygen atoms in total. The summed E-state index contributed by atoms with van der Waals surface area (Å²) in [6, 6.07) is 1.67. The fourth-order valence-corrected chi connectivity index (χ4v) is 5.69. The highest BCUT2D eigenvalue weighted by Crippen LogP contribution is 2.53. The highest BCUT2D eigenvalue weighted by molar-refractivity contribution is 6.25. The van der Waals surface area contributed by atoms with E-state index in [1.54, 1.807) is 25.1 Å². The van der Waals surface area contributed by atoms with Crippen molar-refractivity contribution >= 4 is 23.0 Å². The number of allylic oxidation sites excluding steroid dienone is 2. The third-order valence-corrected chi connectivity index (χ3v) is 7.29. The van der Waals surface area contributed by atoms with Gasteiger partial charge in [-0.25, -0.2) is 4.98 Å². The van der Waals surface area contributed by atoms with E-state index in [0.29, 0.717) is 11.3 Å². The van der Waals surface area contributed by atoms with Crippen LogP contribution in [0.3, 0.4) is 0 Å². The van der Waals surface area contributed by atoms with Gasteiger partial charge in [0.1, 0.15) is 29.1 Å². The van der Waals surface area contributed by atoms with Gasteiger partial charge >= 0.3 is 0 Å². The van der Waals surface area contributed by atoms with E-state index in [4.69, 9.17) is 4.42 Å². The third kappa shape index (κ3) is 2.99. The van der Waals surface area contributed by atoms with Gasteiger partial charge in [0.2, 0.25) is 11.7 Å². The standard InChI is InChI=1S/C25H24N2O8/c1-10(28)17-16(29)8-12-6-11-7-13-15(27(2)3)9-14(24-26-4-5-35-24)20(30)19(13)21(31)18(11)23(33)25(12,34)22(17)32/h4-5,9,11-12,29-30,33-34H,6-8H2,1-3H3/t11-,12+,25-/m1/s1. The Balaban J connectivity index is 1.73. The topological polar surface area (TPSA) is 161 Å². The zero-order chi connectivity index (χ0) is 25.4. The van der Waals surface area contributed by atoms with Crippen molar-refractivity contribution in [1.29, 1.82) is 0 Å². The molecule has 0 saturated carbocycles. The zero-order valence-electron chi connectivity index (χ0n) is 19.3. The van der Waals surface area contributed by atoms with Crippen LogP contribution in [0.1, 0.15) is 35.7 Å². The molecule has 3 atom stereocenters. The number of anilines is 1. The van der Waals surface area contributed by atoms with Gasteiger partial charge in [-0.1, -0.05) is 0 Å². The molecule has 1 heterocycles. The summed E-state index contributed by atoms with van der Waals surface area (Å²) < 4.78 is 5.33. The maximum Gasteiger partial charge on any atom is 0.229 e. The molecule has 0 aliphatic heterocycles. The van der Waals surface area contributed by atoms with E-state index in [1.165, 1.54) is 12.5 Å². The summed E-state index contributed by atoms with van der Waals surface area (Å²) >= 11 is 0. The van der Waals surface area contributed by atoms with E-state index in [2.05, 4.69) is 4.98 Å². The number of phenolic OH excluding ortho intramolecular Hbond substituents is 1. The summed E-state index contributed by atoms with van der Waals surface area (Å²) in [7, 11) is 3.57. The number of aliphatic hydroxyl groups excluding tert-OH is 2. The van der Waals surface area contributed by atoms with Gasteiger partial charge in [-0.3, -0.25) is 14.4 Å². The molecule has 10 heteroatoms. The lowest BCUT2D eigenvalue weighted by Gasteiger charge is -2.46. The van der Waals surface area contributed by atoms with Crippen LogP contribution in [-0.2, 0) is 16.0 Å². The molecule has 0 amide bonds. The maximum absolute atomic E-state index is 13.8. The quantitative estimate of drug-likeness (QED) is 0.480. The first-order valence-electron chi connectivity index (χ1n) is 11.1. The van der Waals surface area contributed by atoms with Crippen molar-refractivity contribution in [3.63, 3.8) is 0 Å². The molecule has 3 aliphatic rings. The van der Waals surface area contributed by atoms with Gasteiger partial charge in [0, 0.05) is 37.7 Å². The summed E-state index contributed by atoms with van der Waals surface area (Å²) in [5.41, 5.74) is -1.99. The Kier molecular flexibility index (Phi) is 4.92. The molecule has 3 aliphatic carbocycles. The molecular formula is C25H24N2O8. The number of fused-ring (bicyclic) bond motifs is 3. The number of ketones is 3. The van der Waals surface area contributed by atoms with Crippen molar-refractivity contribution < 1.29 is 39.2 Å². The van der Waals surface area contributed by atoms with Crippen LogP contribution in [0.4, 0.5) is 5.69 Å². The summed E-state index contributed by atoms with van der Waals surface area (Å²) in [6.45, 7) is 1.08. The summed E-state index contributed by atoms with van der Waals surface area (Å²) in [4.78, 5) is 44.7. The maximum atomic E-state index is 13.8. The Bertz CT molecular complexity index is 1370. The van der Waals surface area contributed by atoms with Gasteiger partial charge in [-0.15, -0.1) is 0 Å². The Hall–Kier alpha value is -3.92. The van der Waals surface area contributed by atoms with Gasteiger partial charge in [-0.05, 0) is 37.3 Å². The molecule has 0 radical (unpaired) electrons. The number of aromatic hydroxyl groups is 1. The lowest BCUT2D eigenvalue weighted by atomic mass is 9.60. The second-order valence-corrected chi connectivity index (χ2v) is 9.48. The van der Waals surface area contributed by atoms with Gasteiger partial charge in [0.15, 0.2) is 17.2 Å². The SMILES string of the molecule is CC(=O)C1=C(O)C[C@@H]2C[C@@H]3Cc4c(N(C)C)cc(-c5ncco5)c(O)c4C(=O)C3=C(O)[C@]2(O)C1=O. The number of carbonyl (C=O) groups is 3. The molecule has 0 saturated heterocycles. The number of phenols is 1. The van der Waals surface area contributed by atoms with Crippen LogP contribution in [0.2, 0.25) is 0 Å². The fraction of sp³-hybridized carbons (Fsp3) is 0.360. The Morgan fingerprint density at radius 3 is 2.51 bits per heavy atom. The molecule has 1 aromatic heterocycles. The van der Waals surface area contributed by atoms with Crippen LogP contribution >= 0.6 is 0 Å². The van der Waals surface area contributed by atoms with Crippen LogP contribution < -0.4 is 4.90 Å². The summed E-state index contributed by atoms with van der Waals surface area (Å²) in [5, 5.41) is 44.0. The van der Waals surface area contributed by atoms with E-state index < -0.39 is 51.9 Å². The number of Topliss-reactive ketones (excluding diaryl/α,β-unsaturated/α-hetero) is 3. The number of hydrogen-bond donors (Lipinski definition) is 4. The Morgan fingerprint density at radius 1 is 1.20 bits per heavy atom. The molecule has 1 aromatic carbocycles. The molecular weight excluding hydrogens is 456 g/mol. The van der Waals surface area contributed by atoms with Crippen molar-refractivity contribution in [1.82, 2.24) is 4.98 Å². The third-order valence-electron chi connectivity index (χ3n) is 7.29. The summed E-state index contributed by atoms with van der Waals surface area (Å²) in [6.07, 6.45) is 2.88. The number of oxazole rings is 1. The molecule has 2 aromatic rings. The van der Waals surface area contributed by atoms with Crippen LogP contribution in [0.25, 0.3) is 11.5 Å². The first-order valence-corrected chi connectivity index (χ1v) is 11.1. The minimum atomic E-state index is -2.52. The first-order chi connectivity index (χ1) is 16.5. The lowest BCUT2D eigenvalue weighted by Crippen LogP contribution is -2.56. The molecule has 0 bridgehead atoms. The highest BCUT2D eigenvalue weighted by Gasteiger charge is 2.59. The molecule has 0 unspecified atom stereocenters. The lowest BCUT2D eigenvalue weighted by molar-refractivity contribution is -0.144. The number of aliphatic hydroxyl groups is 3.